The molecule has 100 valence electrons. The van der Waals surface area contributed by atoms with E-state index in [1.165, 1.54) is 19.3 Å². The van der Waals surface area contributed by atoms with Gasteiger partial charge in [-0.25, -0.2) is 4.79 Å². The predicted octanol–water partition coefficient (Wildman–Crippen LogP) is 1.89. The maximum atomic E-state index is 12.5. The van der Waals surface area contributed by atoms with Crippen LogP contribution in [-0.4, -0.2) is 34.5 Å². The van der Waals surface area contributed by atoms with Crippen LogP contribution in [0.15, 0.2) is 0 Å². The number of carboxylic acid groups (broad SMARTS) is 1. The lowest BCUT2D eigenvalue weighted by molar-refractivity contribution is -0.151. The van der Waals surface area contributed by atoms with E-state index in [9.17, 15) is 14.7 Å². The molecule has 4 nitrogen and oxygen atoms in total. The van der Waals surface area contributed by atoms with Gasteiger partial charge in [0.05, 0.1) is 0 Å². The van der Waals surface area contributed by atoms with E-state index < -0.39 is 12.0 Å². The summed E-state index contributed by atoms with van der Waals surface area (Å²) in [6.45, 7) is 0.645. The van der Waals surface area contributed by atoms with Gasteiger partial charge in [0.15, 0.2) is 0 Å². The minimum Gasteiger partial charge on any atom is -0.480 e. The Morgan fingerprint density at radius 1 is 0.944 bits per heavy atom. The van der Waals surface area contributed by atoms with E-state index in [1.807, 2.05) is 0 Å². The highest BCUT2D eigenvalue weighted by molar-refractivity contribution is 5.87. The summed E-state index contributed by atoms with van der Waals surface area (Å²) in [5, 5.41) is 9.29. The van der Waals surface area contributed by atoms with Crippen LogP contribution in [0.4, 0.5) is 0 Å². The number of carbonyl (C=O) groups excluding carboxylic acids is 1. The lowest BCUT2D eigenvalue weighted by atomic mass is 10.1. The largest absolute Gasteiger partial charge is 0.480 e. The fraction of sp³-hybridized carbons (Fsp3) is 0.857. The smallest absolute Gasteiger partial charge is 0.326 e. The highest BCUT2D eigenvalue weighted by Crippen LogP contribution is 2.58. The number of nitrogens with zero attached hydrogens (tertiary/aromatic N) is 1. The zero-order chi connectivity index (χ0) is 12.7. The molecule has 0 spiro atoms. The first-order chi connectivity index (χ1) is 8.70. The van der Waals surface area contributed by atoms with Crippen LogP contribution in [0.2, 0.25) is 0 Å². The molecule has 1 heterocycles. The molecule has 0 radical (unpaired) electrons. The normalized spacial score (nSPS) is 39.0. The van der Waals surface area contributed by atoms with E-state index in [0.717, 1.165) is 19.3 Å². The third-order valence-electron chi connectivity index (χ3n) is 5.01. The highest BCUT2D eigenvalue weighted by atomic mass is 16.4. The van der Waals surface area contributed by atoms with Crippen molar-refractivity contribution in [3.05, 3.63) is 0 Å². The van der Waals surface area contributed by atoms with Gasteiger partial charge in [-0.15, -0.1) is 0 Å². The summed E-state index contributed by atoms with van der Waals surface area (Å²) in [4.78, 5) is 25.5. The lowest BCUT2D eigenvalue weighted by Gasteiger charge is -2.27. The van der Waals surface area contributed by atoms with E-state index in [2.05, 4.69) is 0 Å². The minimum atomic E-state index is -0.823. The fourth-order valence-electron chi connectivity index (χ4n) is 4.01. The maximum absolute atomic E-state index is 12.5. The van der Waals surface area contributed by atoms with E-state index in [-0.39, 0.29) is 11.8 Å². The Bertz CT molecular complexity index is 358. The third-order valence-corrected chi connectivity index (χ3v) is 5.01. The van der Waals surface area contributed by atoms with E-state index >= 15 is 0 Å². The summed E-state index contributed by atoms with van der Waals surface area (Å²) in [6, 6.07) is -0.568. The van der Waals surface area contributed by atoms with Crippen LogP contribution < -0.4 is 0 Å². The number of carbonyl (C=O) groups is 2. The van der Waals surface area contributed by atoms with Gasteiger partial charge in [0.1, 0.15) is 6.04 Å². The van der Waals surface area contributed by atoms with Gasteiger partial charge >= 0.3 is 5.97 Å². The molecule has 3 atom stereocenters. The zero-order valence-corrected chi connectivity index (χ0v) is 10.7. The molecular weight excluding hydrogens is 230 g/mol. The number of rotatable bonds is 2. The number of amides is 1. The maximum Gasteiger partial charge on any atom is 0.326 e. The molecule has 1 saturated heterocycles. The van der Waals surface area contributed by atoms with Crippen molar-refractivity contribution in [2.75, 3.05) is 6.54 Å². The molecule has 1 N–H and O–H groups in total. The average molecular weight is 251 g/mol. The number of hydrogen-bond donors (Lipinski definition) is 1. The van der Waals surface area contributed by atoms with Crippen molar-refractivity contribution in [1.82, 2.24) is 4.90 Å². The molecular formula is C14H21NO3. The highest BCUT2D eigenvalue weighted by Gasteiger charge is 2.58. The Morgan fingerprint density at radius 2 is 1.67 bits per heavy atom. The van der Waals surface area contributed by atoms with Gasteiger partial charge in [-0.05, 0) is 37.5 Å². The second kappa shape index (κ2) is 4.56. The summed E-state index contributed by atoms with van der Waals surface area (Å²) in [5.41, 5.74) is 0. The van der Waals surface area contributed by atoms with E-state index in [1.54, 1.807) is 4.90 Å². The van der Waals surface area contributed by atoms with Crippen LogP contribution >= 0.6 is 0 Å². The predicted molar refractivity (Wildman–Crippen MR) is 65.9 cm³/mol. The van der Waals surface area contributed by atoms with Crippen molar-refractivity contribution in [3.8, 4) is 0 Å². The molecule has 2 saturated carbocycles. The van der Waals surface area contributed by atoms with Crippen molar-refractivity contribution < 1.29 is 14.7 Å². The Hall–Kier alpha value is -1.06. The molecule has 1 amide bonds. The SMILES string of the molecule is O=C(O)C1CCCCCN1C(=O)C1C2CCCC21. The van der Waals surface area contributed by atoms with Gasteiger partial charge in [-0.3, -0.25) is 4.79 Å². The van der Waals surface area contributed by atoms with Crippen LogP contribution in [-0.2, 0) is 9.59 Å². The molecule has 0 aromatic heterocycles. The number of likely N-dealkylation sites (tertiary alicyclic amines) is 1. The second-order valence-electron chi connectivity index (χ2n) is 6.02. The first-order valence-electron chi connectivity index (χ1n) is 7.23. The summed E-state index contributed by atoms with van der Waals surface area (Å²) >= 11 is 0. The minimum absolute atomic E-state index is 0.138. The molecule has 1 aliphatic heterocycles. The van der Waals surface area contributed by atoms with Gasteiger partial charge in [0.25, 0.3) is 0 Å². The van der Waals surface area contributed by atoms with Crippen molar-refractivity contribution in [1.29, 1.82) is 0 Å². The number of carboxylic acids is 1. The molecule has 18 heavy (non-hydrogen) atoms. The molecule has 3 fully saturated rings. The van der Waals surface area contributed by atoms with Gasteiger partial charge in [-0.2, -0.15) is 0 Å². The topological polar surface area (TPSA) is 57.6 Å². The van der Waals surface area contributed by atoms with Crippen molar-refractivity contribution in [2.24, 2.45) is 17.8 Å². The Kier molecular flexibility index (Phi) is 3.04. The van der Waals surface area contributed by atoms with Gasteiger partial charge < -0.3 is 10.0 Å². The van der Waals surface area contributed by atoms with Crippen LogP contribution in [0.5, 0.6) is 0 Å². The van der Waals surface area contributed by atoms with Crippen molar-refractivity contribution in [3.63, 3.8) is 0 Å². The van der Waals surface area contributed by atoms with Crippen molar-refractivity contribution >= 4 is 11.9 Å². The average Bonchev–Trinajstić information content (AvgIpc) is 2.95. The third kappa shape index (κ3) is 1.91. The molecule has 0 aromatic carbocycles. The second-order valence-corrected chi connectivity index (χ2v) is 6.02. The number of aliphatic carboxylic acids is 1. The molecule has 0 aromatic rings. The monoisotopic (exact) mass is 251 g/mol. The van der Waals surface area contributed by atoms with Gasteiger partial charge in [-0.1, -0.05) is 19.3 Å². The zero-order valence-electron chi connectivity index (χ0n) is 10.7. The molecule has 3 unspecified atom stereocenters. The molecule has 4 heteroatoms. The molecule has 3 rings (SSSR count). The number of fused-ring (bicyclic) bond motifs is 1. The number of hydrogen-bond acceptors (Lipinski definition) is 2. The molecule has 0 bridgehead atoms. The molecule has 2 aliphatic carbocycles. The van der Waals surface area contributed by atoms with Crippen LogP contribution in [0.25, 0.3) is 0 Å². The Balaban J connectivity index is 1.71. The van der Waals surface area contributed by atoms with Gasteiger partial charge in [0.2, 0.25) is 5.91 Å². The summed E-state index contributed by atoms with van der Waals surface area (Å²) in [6.07, 6.45) is 7.16. The summed E-state index contributed by atoms with van der Waals surface area (Å²) in [7, 11) is 0. The van der Waals surface area contributed by atoms with Crippen molar-refractivity contribution in [2.45, 2.75) is 51.0 Å². The van der Waals surface area contributed by atoms with E-state index in [0.29, 0.717) is 24.8 Å². The van der Waals surface area contributed by atoms with Gasteiger partial charge in [0, 0.05) is 12.5 Å². The first-order valence-corrected chi connectivity index (χ1v) is 7.23. The van der Waals surface area contributed by atoms with Crippen LogP contribution in [0.1, 0.15) is 44.9 Å². The first kappa shape index (κ1) is 12.0. The summed E-state index contributed by atoms with van der Waals surface area (Å²) < 4.78 is 0. The lowest BCUT2D eigenvalue weighted by Crippen LogP contribution is -2.45. The van der Waals surface area contributed by atoms with E-state index in [4.69, 9.17) is 0 Å². The summed E-state index contributed by atoms with van der Waals surface area (Å²) in [5.74, 6) is 0.638. The molecule has 3 aliphatic rings. The quantitative estimate of drug-likeness (QED) is 0.815. The van der Waals surface area contributed by atoms with Crippen LogP contribution in [0.3, 0.4) is 0 Å². The Morgan fingerprint density at radius 3 is 2.33 bits per heavy atom. The Labute approximate surface area is 107 Å². The fourth-order valence-corrected chi connectivity index (χ4v) is 4.01. The standard InChI is InChI=1S/C14H21NO3/c16-13(12-9-5-4-6-10(9)12)15-8-3-1-2-7-11(15)14(17)18/h9-12H,1-8H2,(H,17,18). The van der Waals surface area contributed by atoms with Crippen LogP contribution in [0, 0.1) is 17.8 Å².